The van der Waals surface area contributed by atoms with Gasteiger partial charge >= 0.3 is 0 Å². The van der Waals surface area contributed by atoms with Gasteiger partial charge < -0.3 is 20.9 Å². The van der Waals surface area contributed by atoms with E-state index >= 15 is 0 Å². The number of carbonyl (C=O) groups excluding carboxylic acids is 1. The highest BCUT2D eigenvalue weighted by Crippen LogP contribution is 2.34. The van der Waals surface area contributed by atoms with Crippen molar-refractivity contribution >= 4 is 40.1 Å². The third kappa shape index (κ3) is 3.02. The van der Waals surface area contributed by atoms with Gasteiger partial charge in [0.05, 0.1) is 12.0 Å². The van der Waals surface area contributed by atoms with Gasteiger partial charge in [0.25, 0.3) is 0 Å². The SMILES string of the molecule is CC1c2ccccc2Nc2ncccc2NC(=O)[C@H]1Nc1ncnc2nc[nH]c12. The summed E-state index contributed by atoms with van der Waals surface area (Å²) in [6.45, 7) is 2.01. The molecule has 3 aromatic heterocycles. The molecule has 144 valence electrons. The summed E-state index contributed by atoms with van der Waals surface area (Å²) in [7, 11) is 0. The number of nitrogens with one attached hydrogen (secondary N) is 4. The Morgan fingerprint density at radius 1 is 0.966 bits per heavy atom. The molecule has 0 fully saturated rings. The highest BCUT2D eigenvalue weighted by Gasteiger charge is 2.31. The van der Waals surface area contributed by atoms with Crippen LogP contribution in [-0.4, -0.2) is 36.9 Å². The Kier molecular flexibility index (Phi) is 4.05. The summed E-state index contributed by atoms with van der Waals surface area (Å²) in [5.41, 5.74) is 3.70. The third-order valence-electron chi connectivity index (χ3n) is 5.07. The summed E-state index contributed by atoms with van der Waals surface area (Å²) in [4.78, 5) is 33.3. The van der Waals surface area contributed by atoms with Gasteiger partial charge in [0.2, 0.25) is 5.91 Å². The number of hydrogen-bond acceptors (Lipinski definition) is 7. The molecular weight excluding hydrogens is 368 g/mol. The molecule has 1 unspecified atom stereocenters. The van der Waals surface area contributed by atoms with Crippen LogP contribution in [0.25, 0.3) is 11.2 Å². The summed E-state index contributed by atoms with van der Waals surface area (Å²) >= 11 is 0. The van der Waals surface area contributed by atoms with Gasteiger partial charge in [-0.3, -0.25) is 4.79 Å². The number of imidazole rings is 1. The molecule has 0 bridgehead atoms. The minimum absolute atomic E-state index is 0.166. The van der Waals surface area contributed by atoms with Crippen LogP contribution in [0, 0.1) is 0 Å². The van der Waals surface area contributed by atoms with Gasteiger partial charge in [-0.2, -0.15) is 0 Å². The van der Waals surface area contributed by atoms with E-state index in [1.807, 2.05) is 37.3 Å². The molecule has 9 heteroatoms. The standard InChI is InChI=1S/C20H18N8O/c1-11-12-5-2-3-6-13(12)26-17-14(7-4-8-21-17)27-20(29)15(11)28-19-16-18(23-9-22-16)24-10-25-19/h2-11,15H,1H3,(H,21,26)(H,27,29)(H2,22,23,24,25,28)/t11?,15-/m0/s1. The van der Waals surface area contributed by atoms with E-state index in [2.05, 4.69) is 40.9 Å². The molecule has 0 saturated heterocycles. The lowest BCUT2D eigenvalue weighted by Gasteiger charge is -2.25. The molecule has 0 spiro atoms. The maximum Gasteiger partial charge on any atom is 0.247 e. The molecule has 1 amide bonds. The fourth-order valence-corrected chi connectivity index (χ4v) is 3.57. The van der Waals surface area contributed by atoms with Crippen molar-refractivity contribution in [2.45, 2.75) is 18.9 Å². The minimum atomic E-state index is -0.592. The van der Waals surface area contributed by atoms with Gasteiger partial charge in [0, 0.05) is 17.8 Å². The van der Waals surface area contributed by atoms with Gasteiger partial charge in [-0.1, -0.05) is 25.1 Å². The maximum absolute atomic E-state index is 13.3. The van der Waals surface area contributed by atoms with Crippen molar-refractivity contribution in [2.75, 3.05) is 16.0 Å². The molecule has 4 N–H and O–H groups in total. The molecule has 1 aliphatic rings. The fourth-order valence-electron chi connectivity index (χ4n) is 3.57. The fraction of sp³-hybridized carbons (Fsp3) is 0.150. The summed E-state index contributed by atoms with van der Waals surface area (Å²) in [5.74, 6) is 0.771. The number of rotatable bonds is 2. The molecule has 1 aromatic carbocycles. The molecule has 5 rings (SSSR count). The Hall–Kier alpha value is -4.01. The summed E-state index contributed by atoms with van der Waals surface area (Å²) in [5, 5.41) is 9.63. The van der Waals surface area contributed by atoms with Crippen LogP contribution >= 0.6 is 0 Å². The van der Waals surface area contributed by atoms with E-state index in [1.165, 1.54) is 6.33 Å². The number of carbonyl (C=O) groups is 1. The zero-order chi connectivity index (χ0) is 19.8. The first-order chi connectivity index (χ1) is 14.2. The van der Waals surface area contributed by atoms with Gasteiger partial charge in [-0.15, -0.1) is 0 Å². The molecule has 9 nitrogen and oxygen atoms in total. The second kappa shape index (κ2) is 6.86. The largest absolute Gasteiger partial charge is 0.356 e. The lowest BCUT2D eigenvalue weighted by molar-refractivity contribution is -0.117. The Bertz CT molecular complexity index is 1200. The van der Waals surface area contributed by atoms with Crippen LogP contribution in [0.2, 0.25) is 0 Å². The van der Waals surface area contributed by atoms with Crippen molar-refractivity contribution in [3.8, 4) is 0 Å². The van der Waals surface area contributed by atoms with Crippen LogP contribution in [-0.2, 0) is 4.79 Å². The van der Waals surface area contributed by atoms with Crippen LogP contribution in [0.3, 0.4) is 0 Å². The number of amides is 1. The highest BCUT2D eigenvalue weighted by atomic mass is 16.2. The first-order valence-electron chi connectivity index (χ1n) is 9.23. The van der Waals surface area contributed by atoms with Crippen LogP contribution < -0.4 is 16.0 Å². The monoisotopic (exact) mass is 386 g/mol. The predicted octanol–water partition coefficient (Wildman–Crippen LogP) is 3.03. The molecule has 0 aliphatic carbocycles. The van der Waals surface area contributed by atoms with E-state index in [1.54, 1.807) is 18.6 Å². The lowest BCUT2D eigenvalue weighted by atomic mass is 9.91. The lowest BCUT2D eigenvalue weighted by Crippen LogP contribution is -2.39. The summed E-state index contributed by atoms with van der Waals surface area (Å²) in [6, 6.07) is 10.9. The minimum Gasteiger partial charge on any atom is -0.356 e. The van der Waals surface area contributed by atoms with Crippen molar-refractivity contribution in [1.29, 1.82) is 0 Å². The van der Waals surface area contributed by atoms with Crippen molar-refractivity contribution in [2.24, 2.45) is 0 Å². The second-order valence-electron chi connectivity index (χ2n) is 6.84. The van der Waals surface area contributed by atoms with E-state index < -0.39 is 6.04 Å². The van der Waals surface area contributed by atoms with Crippen LogP contribution in [0.1, 0.15) is 18.4 Å². The zero-order valence-electron chi connectivity index (χ0n) is 15.5. The molecule has 2 atom stereocenters. The number of aromatic nitrogens is 5. The van der Waals surface area contributed by atoms with Crippen molar-refractivity contribution < 1.29 is 4.79 Å². The van der Waals surface area contributed by atoms with E-state index in [0.29, 0.717) is 28.5 Å². The van der Waals surface area contributed by atoms with E-state index in [9.17, 15) is 4.79 Å². The van der Waals surface area contributed by atoms with Crippen molar-refractivity contribution in [3.05, 3.63) is 60.8 Å². The molecular formula is C20H18N8O. The molecule has 4 heterocycles. The Morgan fingerprint density at radius 2 is 1.83 bits per heavy atom. The number of H-pyrrole nitrogens is 1. The van der Waals surface area contributed by atoms with Crippen LogP contribution in [0.5, 0.6) is 0 Å². The number of fused-ring (bicyclic) bond motifs is 3. The Morgan fingerprint density at radius 3 is 2.76 bits per heavy atom. The first-order valence-corrected chi connectivity index (χ1v) is 9.23. The van der Waals surface area contributed by atoms with E-state index in [-0.39, 0.29) is 11.8 Å². The molecule has 1 aliphatic heterocycles. The van der Waals surface area contributed by atoms with Gasteiger partial charge in [-0.05, 0) is 23.8 Å². The summed E-state index contributed by atoms with van der Waals surface area (Å²) in [6.07, 6.45) is 4.67. The smallest absolute Gasteiger partial charge is 0.247 e. The molecule has 4 aromatic rings. The van der Waals surface area contributed by atoms with Crippen LogP contribution in [0.15, 0.2) is 55.2 Å². The third-order valence-corrected chi connectivity index (χ3v) is 5.07. The van der Waals surface area contributed by atoms with E-state index in [4.69, 9.17) is 0 Å². The average Bonchev–Trinajstić information content (AvgIpc) is 3.23. The highest BCUT2D eigenvalue weighted by molar-refractivity contribution is 6.01. The van der Waals surface area contributed by atoms with Crippen molar-refractivity contribution in [3.63, 3.8) is 0 Å². The van der Waals surface area contributed by atoms with Gasteiger partial charge in [0.1, 0.15) is 17.9 Å². The maximum atomic E-state index is 13.3. The summed E-state index contributed by atoms with van der Waals surface area (Å²) < 4.78 is 0. The Balaban J connectivity index is 1.61. The topological polar surface area (TPSA) is 121 Å². The second-order valence-corrected chi connectivity index (χ2v) is 6.84. The normalized spacial score (nSPS) is 18.4. The number of anilines is 4. The predicted molar refractivity (Wildman–Crippen MR) is 110 cm³/mol. The van der Waals surface area contributed by atoms with Gasteiger partial charge in [0.15, 0.2) is 17.3 Å². The Labute approximate surface area is 166 Å². The zero-order valence-corrected chi connectivity index (χ0v) is 15.5. The first kappa shape index (κ1) is 17.1. The van der Waals surface area contributed by atoms with Gasteiger partial charge in [-0.25, -0.2) is 19.9 Å². The van der Waals surface area contributed by atoms with Crippen molar-refractivity contribution in [1.82, 2.24) is 24.9 Å². The number of benzene rings is 1. The number of para-hydroxylation sites is 1. The molecule has 0 saturated carbocycles. The molecule has 0 radical (unpaired) electrons. The quantitative estimate of drug-likeness (QED) is 0.418. The molecule has 29 heavy (non-hydrogen) atoms. The van der Waals surface area contributed by atoms with E-state index in [0.717, 1.165) is 11.3 Å². The average molecular weight is 386 g/mol. The number of pyridine rings is 1. The number of hydrogen-bond donors (Lipinski definition) is 4. The van der Waals surface area contributed by atoms with Crippen LogP contribution in [0.4, 0.5) is 23.0 Å². The number of aromatic amines is 1. The number of nitrogens with zero attached hydrogens (tertiary/aromatic N) is 4.